The van der Waals surface area contributed by atoms with Crippen LogP contribution >= 0.6 is 0 Å². The number of nitrogens with one attached hydrogen (secondary N) is 1. The molecule has 1 N–H and O–H groups in total. The molecule has 1 amide bonds. The number of amides is 1. The third-order valence-electron chi connectivity index (χ3n) is 5.16. The van der Waals surface area contributed by atoms with Crippen molar-refractivity contribution in [1.29, 1.82) is 0 Å². The zero-order chi connectivity index (χ0) is 20.3. The van der Waals surface area contributed by atoms with E-state index in [1.165, 1.54) is 17.4 Å². The van der Waals surface area contributed by atoms with Gasteiger partial charge in [-0.3, -0.25) is 9.59 Å². The molecule has 2 aliphatic rings. The van der Waals surface area contributed by atoms with Crippen LogP contribution in [0.5, 0.6) is 0 Å². The first-order valence-corrected chi connectivity index (χ1v) is 10.8. The number of hydrogen-bond acceptors (Lipinski definition) is 6. The van der Waals surface area contributed by atoms with Crippen molar-refractivity contribution < 1.29 is 22.7 Å². The highest BCUT2D eigenvalue weighted by Gasteiger charge is 2.31. The molecular formula is C19H25N3O5S. The Morgan fingerprint density at radius 2 is 1.96 bits per heavy atom. The molecule has 0 saturated heterocycles. The number of carbonyl (C=O) groups is 2. The maximum Gasteiger partial charge on any atom is 0.326 e. The lowest BCUT2D eigenvalue weighted by Gasteiger charge is -2.29. The Morgan fingerprint density at radius 3 is 2.71 bits per heavy atom. The van der Waals surface area contributed by atoms with Crippen LogP contribution in [0.1, 0.15) is 38.2 Å². The molecule has 8 nitrogen and oxygen atoms in total. The van der Waals surface area contributed by atoms with E-state index < -0.39 is 16.0 Å². The Kier molecular flexibility index (Phi) is 6.02. The average Bonchev–Trinajstić information content (AvgIpc) is 2.94. The summed E-state index contributed by atoms with van der Waals surface area (Å²) in [6.07, 6.45) is 4.29. The summed E-state index contributed by atoms with van der Waals surface area (Å²) in [7, 11) is -2.20. The zero-order valence-corrected chi connectivity index (χ0v) is 16.9. The van der Waals surface area contributed by atoms with Gasteiger partial charge in [0.25, 0.3) is 15.9 Å². The van der Waals surface area contributed by atoms with Crippen molar-refractivity contribution in [2.24, 2.45) is 10.3 Å². The van der Waals surface area contributed by atoms with Gasteiger partial charge in [0, 0.05) is 18.7 Å². The first kappa shape index (κ1) is 20.3. The number of benzene rings is 1. The lowest BCUT2D eigenvalue weighted by Crippen LogP contribution is -2.43. The maximum absolute atomic E-state index is 12.1. The first-order valence-electron chi connectivity index (χ1n) is 9.38. The highest BCUT2D eigenvalue weighted by atomic mass is 32.2. The summed E-state index contributed by atoms with van der Waals surface area (Å²) >= 11 is 0. The average molecular weight is 407 g/mol. The molecule has 152 valence electrons. The SMILES string of the molecule is C[C@H]1CCCC[C@H]1NC(=O)COC(=O)CN(C)C1=NS(=O)(=O)c2ccccc21. The second kappa shape index (κ2) is 8.30. The Labute approximate surface area is 165 Å². The molecule has 2 atom stereocenters. The van der Waals surface area contributed by atoms with E-state index in [1.54, 1.807) is 25.2 Å². The van der Waals surface area contributed by atoms with Gasteiger partial charge in [-0.15, -0.1) is 4.40 Å². The predicted molar refractivity (Wildman–Crippen MR) is 103 cm³/mol. The quantitative estimate of drug-likeness (QED) is 0.738. The molecular weight excluding hydrogens is 382 g/mol. The third-order valence-corrected chi connectivity index (χ3v) is 6.49. The highest BCUT2D eigenvalue weighted by Crippen LogP contribution is 2.27. The summed E-state index contributed by atoms with van der Waals surface area (Å²) < 4.78 is 33.0. The van der Waals surface area contributed by atoms with Crippen LogP contribution in [0.25, 0.3) is 0 Å². The summed E-state index contributed by atoms with van der Waals surface area (Å²) in [4.78, 5) is 25.7. The topological polar surface area (TPSA) is 105 Å². The van der Waals surface area contributed by atoms with Gasteiger partial charge in [-0.25, -0.2) is 0 Å². The van der Waals surface area contributed by atoms with Crippen LogP contribution in [-0.2, 0) is 24.3 Å². The molecule has 0 radical (unpaired) electrons. The van der Waals surface area contributed by atoms with Gasteiger partial charge in [0.15, 0.2) is 12.4 Å². The Bertz CT molecular complexity index is 897. The highest BCUT2D eigenvalue weighted by molar-refractivity contribution is 7.90. The smallest absolute Gasteiger partial charge is 0.326 e. The molecule has 1 aliphatic heterocycles. The Balaban J connectivity index is 1.52. The largest absolute Gasteiger partial charge is 0.454 e. The normalized spacial score (nSPS) is 22.7. The Morgan fingerprint density at radius 1 is 1.25 bits per heavy atom. The number of ether oxygens (including phenoxy) is 1. The number of likely N-dealkylation sites (N-methyl/N-ethyl adjacent to an activating group) is 1. The van der Waals surface area contributed by atoms with E-state index in [0.717, 1.165) is 19.3 Å². The van der Waals surface area contributed by atoms with Crippen molar-refractivity contribution in [2.75, 3.05) is 20.2 Å². The number of carbonyl (C=O) groups excluding carboxylic acids is 2. The van der Waals surface area contributed by atoms with Crippen LogP contribution in [0.3, 0.4) is 0 Å². The monoisotopic (exact) mass is 407 g/mol. The van der Waals surface area contributed by atoms with Crippen LogP contribution in [0.4, 0.5) is 0 Å². The van der Waals surface area contributed by atoms with Gasteiger partial charge >= 0.3 is 5.97 Å². The third kappa shape index (κ3) is 4.52. The van der Waals surface area contributed by atoms with Gasteiger partial charge in [0.2, 0.25) is 0 Å². The van der Waals surface area contributed by atoms with Crippen LogP contribution in [0.15, 0.2) is 33.6 Å². The van der Waals surface area contributed by atoms with E-state index >= 15 is 0 Å². The number of amidine groups is 1. The minimum atomic E-state index is -3.75. The van der Waals surface area contributed by atoms with E-state index in [1.807, 2.05) is 0 Å². The fourth-order valence-corrected chi connectivity index (χ4v) is 4.85. The minimum absolute atomic E-state index is 0.117. The number of fused-ring (bicyclic) bond motifs is 1. The summed E-state index contributed by atoms with van der Waals surface area (Å²) in [5.41, 5.74) is 0.446. The van der Waals surface area contributed by atoms with Gasteiger partial charge < -0.3 is 15.0 Å². The van der Waals surface area contributed by atoms with Crippen molar-refractivity contribution >= 4 is 27.7 Å². The molecule has 1 aromatic carbocycles. The van der Waals surface area contributed by atoms with Crippen molar-refractivity contribution in [2.45, 2.75) is 43.5 Å². The van der Waals surface area contributed by atoms with Crippen molar-refractivity contribution in [3.8, 4) is 0 Å². The Hall–Kier alpha value is -2.42. The standard InChI is InChI=1S/C19H25N3O5S/c1-13-7-3-5-9-15(13)20-17(23)12-27-18(24)11-22(2)19-14-8-4-6-10-16(14)28(25,26)21-19/h4,6,8,10,13,15H,3,5,7,9,11-12H2,1-2H3,(H,20,23)/t13-,15+/m0/s1. The zero-order valence-electron chi connectivity index (χ0n) is 16.1. The molecule has 1 heterocycles. The fourth-order valence-electron chi connectivity index (χ4n) is 3.60. The number of nitrogens with zero attached hydrogens (tertiary/aromatic N) is 2. The van der Waals surface area contributed by atoms with Crippen molar-refractivity contribution in [3.05, 3.63) is 29.8 Å². The molecule has 1 saturated carbocycles. The number of hydrogen-bond donors (Lipinski definition) is 1. The lowest BCUT2D eigenvalue weighted by atomic mass is 9.86. The van der Waals surface area contributed by atoms with E-state index in [4.69, 9.17) is 4.74 Å². The van der Waals surface area contributed by atoms with Crippen molar-refractivity contribution in [1.82, 2.24) is 10.2 Å². The molecule has 1 aromatic rings. The number of sulfonamides is 1. The van der Waals surface area contributed by atoms with E-state index in [2.05, 4.69) is 16.6 Å². The summed E-state index contributed by atoms with van der Waals surface area (Å²) in [5.74, 6) is -0.338. The summed E-state index contributed by atoms with van der Waals surface area (Å²) in [5, 5.41) is 2.92. The minimum Gasteiger partial charge on any atom is -0.454 e. The van der Waals surface area contributed by atoms with Crippen LogP contribution in [-0.4, -0.2) is 57.3 Å². The molecule has 0 bridgehead atoms. The maximum atomic E-state index is 12.1. The summed E-state index contributed by atoms with van der Waals surface area (Å²) in [6.45, 7) is 1.55. The van der Waals surface area contributed by atoms with E-state index in [9.17, 15) is 18.0 Å². The van der Waals surface area contributed by atoms with Crippen LogP contribution < -0.4 is 5.32 Å². The molecule has 0 aromatic heterocycles. The fraction of sp³-hybridized carbons (Fsp3) is 0.526. The van der Waals surface area contributed by atoms with Crippen LogP contribution in [0, 0.1) is 5.92 Å². The second-order valence-electron chi connectivity index (χ2n) is 7.34. The molecule has 0 unspecified atom stereocenters. The molecule has 1 aliphatic carbocycles. The molecule has 28 heavy (non-hydrogen) atoms. The van der Waals surface area contributed by atoms with Gasteiger partial charge in [-0.2, -0.15) is 8.42 Å². The van der Waals surface area contributed by atoms with Gasteiger partial charge in [-0.1, -0.05) is 31.9 Å². The van der Waals surface area contributed by atoms with Gasteiger partial charge in [0.1, 0.15) is 11.4 Å². The number of esters is 1. The summed E-state index contributed by atoms with van der Waals surface area (Å²) in [6, 6.07) is 6.56. The molecule has 1 fully saturated rings. The lowest BCUT2D eigenvalue weighted by molar-refractivity contribution is -0.149. The predicted octanol–water partition coefficient (Wildman–Crippen LogP) is 1.31. The first-order chi connectivity index (χ1) is 13.3. The number of rotatable bonds is 5. The van der Waals surface area contributed by atoms with E-state index in [-0.39, 0.29) is 35.8 Å². The van der Waals surface area contributed by atoms with Crippen LogP contribution in [0.2, 0.25) is 0 Å². The van der Waals surface area contributed by atoms with Gasteiger partial charge in [-0.05, 0) is 30.9 Å². The van der Waals surface area contributed by atoms with E-state index in [0.29, 0.717) is 11.5 Å². The van der Waals surface area contributed by atoms with Crippen molar-refractivity contribution in [3.63, 3.8) is 0 Å². The second-order valence-corrected chi connectivity index (χ2v) is 8.91. The molecule has 3 rings (SSSR count). The van der Waals surface area contributed by atoms with Gasteiger partial charge in [0.05, 0.1) is 0 Å². The molecule has 9 heteroatoms. The molecule has 0 spiro atoms.